The summed E-state index contributed by atoms with van der Waals surface area (Å²) in [6.45, 7) is 1.98. The van der Waals surface area contributed by atoms with E-state index in [4.69, 9.17) is 0 Å². The van der Waals surface area contributed by atoms with Crippen molar-refractivity contribution in [2.24, 2.45) is 0 Å². The summed E-state index contributed by atoms with van der Waals surface area (Å²) in [7, 11) is 0. The number of amides is 1. The molecule has 4 nitrogen and oxygen atoms in total. The third-order valence-electron chi connectivity index (χ3n) is 3.67. The molecule has 0 bridgehead atoms. The average Bonchev–Trinajstić information content (AvgIpc) is 3.10. The third kappa shape index (κ3) is 2.42. The molecular weight excluding hydrogens is 306 g/mol. The summed E-state index contributed by atoms with van der Waals surface area (Å²) in [4.78, 5) is 25.8. The number of fused-ring (bicyclic) bond motifs is 1. The lowest BCUT2D eigenvalue weighted by Gasteiger charge is -2.26. The summed E-state index contributed by atoms with van der Waals surface area (Å²) >= 11 is 3.06. The number of thiophene rings is 1. The van der Waals surface area contributed by atoms with Crippen LogP contribution in [-0.4, -0.2) is 39.1 Å². The highest BCUT2D eigenvalue weighted by molar-refractivity contribution is 8.00. The summed E-state index contributed by atoms with van der Waals surface area (Å²) < 4.78 is 1.05. The van der Waals surface area contributed by atoms with Gasteiger partial charge in [-0.25, -0.2) is 4.79 Å². The zero-order valence-corrected chi connectivity index (χ0v) is 13.1. The number of carbonyl (C=O) groups excluding carboxylic acids is 1. The maximum atomic E-state index is 12.9. The highest BCUT2D eigenvalue weighted by atomic mass is 32.2. The molecule has 1 aromatic carbocycles. The van der Waals surface area contributed by atoms with Crippen molar-refractivity contribution < 1.29 is 14.7 Å². The molecular formula is C15H15NO3S2. The molecule has 1 aromatic heterocycles. The van der Waals surface area contributed by atoms with Gasteiger partial charge in [0.05, 0.1) is 10.9 Å². The van der Waals surface area contributed by atoms with Crippen molar-refractivity contribution in [3.8, 4) is 0 Å². The summed E-state index contributed by atoms with van der Waals surface area (Å²) in [6.07, 6.45) is 0.752. The van der Waals surface area contributed by atoms with Gasteiger partial charge in [-0.1, -0.05) is 25.1 Å². The monoisotopic (exact) mass is 321 g/mol. The van der Waals surface area contributed by atoms with Gasteiger partial charge in [-0.3, -0.25) is 4.79 Å². The lowest BCUT2D eigenvalue weighted by Crippen LogP contribution is -2.45. The molecule has 1 aliphatic rings. The highest BCUT2D eigenvalue weighted by Crippen LogP contribution is 2.35. The van der Waals surface area contributed by atoms with E-state index < -0.39 is 12.0 Å². The minimum absolute atomic E-state index is 0.0581. The van der Waals surface area contributed by atoms with Crippen LogP contribution in [0.4, 0.5) is 0 Å². The van der Waals surface area contributed by atoms with Gasteiger partial charge in [0.1, 0.15) is 6.04 Å². The Morgan fingerprint density at radius 1 is 1.38 bits per heavy atom. The van der Waals surface area contributed by atoms with Crippen molar-refractivity contribution >= 4 is 45.1 Å². The van der Waals surface area contributed by atoms with Gasteiger partial charge in [0, 0.05) is 21.2 Å². The number of carboxylic acid groups (broad SMARTS) is 1. The first-order valence-corrected chi connectivity index (χ1v) is 8.69. The van der Waals surface area contributed by atoms with Gasteiger partial charge in [-0.15, -0.1) is 23.1 Å². The molecule has 0 spiro atoms. The van der Waals surface area contributed by atoms with Crippen molar-refractivity contribution in [1.29, 1.82) is 0 Å². The molecule has 2 unspecified atom stereocenters. The summed E-state index contributed by atoms with van der Waals surface area (Å²) in [5.74, 6) is -0.634. The van der Waals surface area contributed by atoms with E-state index >= 15 is 0 Å². The molecule has 2 atom stereocenters. The van der Waals surface area contributed by atoms with E-state index in [-0.39, 0.29) is 11.3 Å². The van der Waals surface area contributed by atoms with Gasteiger partial charge < -0.3 is 10.0 Å². The Balaban J connectivity index is 2.01. The Morgan fingerprint density at radius 3 is 2.86 bits per heavy atom. The summed E-state index contributed by atoms with van der Waals surface area (Å²) in [5.41, 5.74) is 0.614. The fraction of sp³-hybridized carbons (Fsp3) is 0.333. The van der Waals surface area contributed by atoms with E-state index in [1.807, 2.05) is 36.6 Å². The molecule has 0 aliphatic carbocycles. The third-order valence-corrected chi connectivity index (χ3v) is 6.09. The molecule has 6 heteroatoms. The summed E-state index contributed by atoms with van der Waals surface area (Å²) in [5, 5.41) is 12.0. The van der Waals surface area contributed by atoms with Gasteiger partial charge in [0.15, 0.2) is 0 Å². The molecule has 21 heavy (non-hydrogen) atoms. The second-order valence-electron chi connectivity index (χ2n) is 4.91. The fourth-order valence-corrected chi connectivity index (χ4v) is 4.90. The number of benzene rings is 1. The molecule has 1 fully saturated rings. The van der Waals surface area contributed by atoms with E-state index in [2.05, 4.69) is 0 Å². The van der Waals surface area contributed by atoms with Crippen molar-refractivity contribution in [2.45, 2.75) is 24.8 Å². The van der Waals surface area contributed by atoms with Crippen LogP contribution in [0.5, 0.6) is 0 Å². The van der Waals surface area contributed by atoms with E-state index in [1.165, 1.54) is 11.3 Å². The topological polar surface area (TPSA) is 57.6 Å². The van der Waals surface area contributed by atoms with Crippen LogP contribution >= 0.6 is 23.1 Å². The first-order chi connectivity index (χ1) is 10.1. The molecule has 1 saturated heterocycles. The first kappa shape index (κ1) is 14.4. The van der Waals surface area contributed by atoms with Crippen LogP contribution in [-0.2, 0) is 4.79 Å². The molecule has 1 aliphatic heterocycles. The maximum absolute atomic E-state index is 12.9. The summed E-state index contributed by atoms with van der Waals surface area (Å²) in [6, 6.07) is 7.00. The number of carboxylic acids is 1. The predicted octanol–water partition coefficient (Wildman–Crippen LogP) is 3.28. The Morgan fingerprint density at radius 2 is 2.14 bits per heavy atom. The van der Waals surface area contributed by atoms with Gasteiger partial charge in [0.2, 0.25) is 0 Å². The quantitative estimate of drug-likeness (QED) is 0.942. The normalized spacial score (nSPS) is 21.9. The van der Waals surface area contributed by atoms with Crippen molar-refractivity contribution in [1.82, 2.24) is 4.90 Å². The number of hydrogen-bond donors (Lipinski definition) is 1. The van der Waals surface area contributed by atoms with Gasteiger partial charge >= 0.3 is 5.97 Å². The van der Waals surface area contributed by atoms with Gasteiger partial charge in [-0.2, -0.15) is 0 Å². The lowest BCUT2D eigenvalue weighted by molar-refractivity contribution is -0.141. The van der Waals surface area contributed by atoms with Crippen molar-refractivity contribution in [3.63, 3.8) is 0 Å². The Labute approximate surface area is 130 Å². The van der Waals surface area contributed by atoms with Crippen LogP contribution < -0.4 is 0 Å². The van der Waals surface area contributed by atoms with Gasteiger partial charge in [0.25, 0.3) is 5.91 Å². The molecule has 110 valence electrons. The van der Waals surface area contributed by atoms with Crippen LogP contribution in [0.1, 0.15) is 23.7 Å². The Bertz CT molecular complexity index is 697. The van der Waals surface area contributed by atoms with E-state index in [9.17, 15) is 14.7 Å². The number of nitrogens with zero attached hydrogens (tertiary/aromatic N) is 1. The number of hydrogen-bond acceptors (Lipinski definition) is 4. The lowest BCUT2D eigenvalue weighted by atomic mass is 10.1. The van der Waals surface area contributed by atoms with E-state index in [0.717, 1.165) is 16.5 Å². The molecule has 2 heterocycles. The molecule has 0 radical (unpaired) electrons. The first-order valence-electron chi connectivity index (χ1n) is 6.76. The van der Waals surface area contributed by atoms with E-state index in [0.29, 0.717) is 11.3 Å². The van der Waals surface area contributed by atoms with Crippen LogP contribution in [0.3, 0.4) is 0 Å². The predicted molar refractivity (Wildman–Crippen MR) is 86.0 cm³/mol. The van der Waals surface area contributed by atoms with Crippen LogP contribution in [0.2, 0.25) is 0 Å². The zero-order valence-electron chi connectivity index (χ0n) is 11.5. The maximum Gasteiger partial charge on any atom is 0.327 e. The second-order valence-corrected chi connectivity index (χ2v) is 7.03. The zero-order chi connectivity index (χ0) is 15.0. The second kappa shape index (κ2) is 5.69. The highest BCUT2D eigenvalue weighted by Gasteiger charge is 2.41. The number of thioether (sulfide) groups is 1. The Hall–Kier alpha value is -1.53. The number of aliphatic carboxylic acids is 1. The smallest absolute Gasteiger partial charge is 0.327 e. The van der Waals surface area contributed by atoms with Crippen LogP contribution in [0.25, 0.3) is 10.1 Å². The Kier molecular flexibility index (Phi) is 3.91. The van der Waals surface area contributed by atoms with Crippen molar-refractivity contribution in [2.75, 3.05) is 5.75 Å². The van der Waals surface area contributed by atoms with Crippen molar-refractivity contribution in [3.05, 3.63) is 35.2 Å². The van der Waals surface area contributed by atoms with E-state index in [1.54, 1.807) is 16.7 Å². The number of carbonyl (C=O) groups is 2. The van der Waals surface area contributed by atoms with Gasteiger partial charge in [-0.05, 0) is 12.5 Å². The minimum Gasteiger partial charge on any atom is -0.480 e. The molecule has 3 rings (SSSR count). The SMILES string of the molecule is CCC1SCC(C(=O)O)N1C(=O)c1csc2ccccc12. The average molecular weight is 321 g/mol. The fourth-order valence-electron chi connectivity index (χ4n) is 2.62. The van der Waals surface area contributed by atoms with Crippen LogP contribution in [0, 0.1) is 0 Å². The largest absolute Gasteiger partial charge is 0.480 e. The molecule has 1 N–H and O–H groups in total. The molecule has 2 aromatic rings. The standard InChI is InChI=1S/C15H15NO3S2/c1-2-13-16(11(8-21-13)15(18)19)14(17)10-7-20-12-6-4-3-5-9(10)12/h3-7,11,13H,2,8H2,1H3,(H,18,19). The van der Waals surface area contributed by atoms with Crippen LogP contribution in [0.15, 0.2) is 29.6 Å². The molecule has 0 saturated carbocycles. The minimum atomic E-state index is -0.925. The molecule has 1 amide bonds. The number of rotatable bonds is 3.